The third-order valence-electron chi connectivity index (χ3n) is 3.89. The Bertz CT molecular complexity index is 381. The van der Waals surface area contributed by atoms with E-state index in [9.17, 15) is 0 Å². The lowest BCUT2D eigenvalue weighted by molar-refractivity contribution is 0.122. The highest BCUT2D eigenvalue weighted by atomic mass is 15.4. The van der Waals surface area contributed by atoms with Gasteiger partial charge in [-0.3, -0.25) is 4.90 Å². The molecule has 0 aliphatic carbocycles. The predicted octanol–water partition coefficient (Wildman–Crippen LogP) is 0.716. The predicted molar refractivity (Wildman–Crippen MR) is 80.4 cm³/mol. The van der Waals surface area contributed by atoms with Gasteiger partial charge in [-0.2, -0.15) is 5.10 Å². The van der Waals surface area contributed by atoms with Crippen LogP contribution in [0.25, 0.3) is 0 Å². The van der Waals surface area contributed by atoms with Crippen LogP contribution >= 0.6 is 0 Å². The summed E-state index contributed by atoms with van der Waals surface area (Å²) in [7, 11) is 0. The van der Waals surface area contributed by atoms with E-state index in [0.717, 1.165) is 51.5 Å². The van der Waals surface area contributed by atoms with Gasteiger partial charge in [-0.1, -0.05) is 0 Å². The average Bonchev–Trinajstić information content (AvgIpc) is 2.89. The summed E-state index contributed by atoms with van der Waals surface area (Å²) < 4.78 is 2.02. The Morgan fingerprint density at radius 3 is 2.50 bits per heavy atom. The van der Waals surface area contributed by atoms with Crippen LogP contribution in [0.5, 0.6) is 0 Å². The third kappa shape index (κ3) is 4.26. The Kier molecular flexibility index (Phi) is 5.94. The maximum atomic E-state index is 5.54. The molecular formula is C14H28N6. The van der Waals surface area contributed by atoms with Gasteiger partial charge in [0.1, 0.15) is 12.2 Å². The number of aromatic nitrogens is 3. The van der Waals surface area contributed by atoms with E-state index in [2.05, 4.69) is 33.7 Å². The molecule has 20 heavy (non-hydrogen) atoms. The molecule has 2 heterocycles. The summed E-state index contributed by atoms with van der Waals surface area (Å²) in [6, 6.07) is 0.380. The van der Waals surface area contributed by atoms with E-state index in [1.165, 1.54) is 13.0 Å². The second-order valence-corrected chi connectivity index (χ2v) is 5.83. The van der Waals surface area contributed by atoms with Gasteiger partial charge in [0.25, 0.3) is 0 Å². The van der Waals surface area contributed by atoms with Gasteiger partial charge < -0.3 is 10.6 Å². The normalized spacial score (nSPS) is 18.0. The van der Waals surface area contributed by atoms with Crippen molar-refractivity contribution in [2.45, 2.75) is 39.3 Å². The monoisotopic (exact) mass is 280 g/mol. The van der Waals surface area contributed by atoms with E-state index in [1.54, 1.807) is 6.33 Å². The van der Waals surface area contributed by atoms with E-state index in [0.29, 0.717) is 6.04 Å². The molecule has 0 saturated carbocycles. The largest absolute Gasteiger partial charge is 0.330 e. The van der Waals surface area contributed by atoms with Crippen molar-refractivity contribution in [3.8, 4) is 0 Å². The Labute approximate surface area is 121 Å². The number of hydrogen-bond acceptors (Lipinski definition) is 5. The molecule has 0 radical (unpaired) electrons. The molecule has 1 saturated heterocycles. The summed E-state index contributed by atoms with van der Waals surface area (Å²) in [6.45, 7) is 11.7. The first-order valence-corrected chi connectivity index (χ1v) is 7.74. The molecule has 2 N–H and O–H groups in total. The van der Waals surface area contributed by atoms with Crippen molar-refractivity contribution in [3.63, 3.8) is 0 Å². The van der Waals surface area contributed by atoms with Gasteiger partial charge in [0.15, 0.2) is 0 Å². The van der Waals surface area contributed by atoms with Gasteiger partial charge >= 0.3 is 0 Å². The van der Waals surface area contributed by atoms with E-state index in [4.69, 9.17) is 5.73 Å². The van der Waals surface area contributed by atoms with Crippen LogP contribution < -0.4 is 5.73 Å². The second-order valence-electron chi connectivity index (χ2n) is 5.83. The van der Waals surface area contributed by atoms with E-state index < -0.39 is 0 Å². The molecule has 0 amide bonds. The van der Waals surface area contributed by atoms with Crippen LogP contribution in [0.2, 0.25) is 0 Å². The lowest BCUT2D eigenvalue weighted by Crippen LogP contribution is -2.46. The number of nitrogens with zero attached hydrogens (tertiary/aromatic N) is 5. The molecule has 1 aliphatic heterocycles. The lowest BCUT2D eigenvalue weighted by Gasteiger charge is -2.34. The Morgan fingerprint density at radius 1 is 1.15 bits per heavy atom. The molecular weight excluding hydrogens is 252 g/mol. The molecule has 114 valence electrons. The number of rotatable bonds is 7. The Hall–Kier alpha value is -0.980. The van der Waals surface area contributed by atoms with Gasteiger partial charge in [-0.05, 0) is 39.8 Å². The molecule has 1 aromatic rings. The zero-order valence-corrected chi connectivity index (χ0v) is 12.8. The van der Waals surface area contributed by atoms with E-state index in [1.807, 2.05) is 4.68 Å². The third-order valence-corrected chi connectivity index (χ3v) is 3.89. The molecule has 6 heteroatoms. The first-order valence-electron chi connectivity index (χ1n) is 7.74. The Balaban J connectivity index is 1.75. The average molecular weight is 280 g/mol. The number of hydrogen-bond donors (Lipinski definition) is 1. The number of piperazine rings is 1. The quantitative estimate of drug-likeness (QED) is 0.746. The summed E-state index contributed by atoms with van der Waals surface area (Å²) in [5.74, 6) is 1.08. The van der Waals surface area contributed by atoms with E-state index in [-0.39, 0.29) is 0 Å². The fraction of sp³-hybridized carbons (Fsp3) is 0.857. The van der Waals surface area contributed by atoms with Crippen LogP contribution in [-0.4, -0.2) is 63.8 Å². The van der Waals surface area contributed by atoms with Crippen molar-refractivity contribution in [1.29, 1.82) is 0 Å². The van der Waals surface area contributed by atoms with Crippen LogP contribution in [0.4, 0.5) is 0 Å². The van der Waals surface area contributed by atoms with Crippen LogP contribution in [0.15, 0.2) is 6.33 Å². The molecule has 0 atom stereocenters. The van der Waals surface area contributed by atoms with Crippen LogP contribution in [-0.2, 0) is 6.54 Å². The zero-order valence-electron chi connectivity index (χ0n) is 12.8. The Morgan fingerprint density at radius 2 is 1.85 bits per heavy atom. The molecule has 0 aromatic carbocycles. The van der Waals surface area contributed by atoms with Gasteiger partial charge in [0, 0.05) is 32.2 Å². The SMILES string of the molecule is CC(C)n1ncnc1CN1CCN(CCCCN)CC1. The molecule has 2 rings (SSSR count). The van der Waals surface area contributed by atoms with Crippen LogP contribution in [0.3, 0.4) is 0 Å². The highest BCUT2D eigenvalue weighted by Crippen LogP contribution is 2.10. The molecule has 6 nitrogen and oxygen atoms in total. The fourth-order valence-electron chi connectivity index (χ4n) is 2.67. The maximum Gasteiger partial charge on any atom is 0.141 e. The van der Waals surface area contributed by atoms with E-state index >= 15 is 0 Å². The molecule has 0 unspecified atom stereocenters. The fourth-order valence-corrected chi connectivity index (χ4v) is 2.67. The van der Waals surface area contributed by atoms with Crippen molar-refractivity contribution < 1.29 is 0 Å². The molecule has 0 bridgehead atoms. The summed E-state index contributed by atoms with van der Waals surface area (Å²) in [5.41, 5.74) is 5.54. The smallest absolute Gasteiger partial charge is 0.141 e. The van der Waals surface area contributed by atoms with Crippen molar-refractivity contribution in [3.05, 3.63) is 12.2 Å². The topological polar surface area (TPSA) is 63.2 Å². The van der Waals surface area contributed by atoms with Crippen molar-refractivity contribution in [2.24, 2.45) is 5.73 Å². The van der Waals surface area contributed by atoms with Gasteiger partial charge in [-0.15, -0.1) is 0 Å². The van der Waals surface area contributed by atoms with Gasteiger partial charge in [-0.25, -0.2) is 9.67 Å². The van der Waals surface area contributed by atoms with Gasteiger partial charge in [0.05, 0.1) is 6.54 Å². The number of unbranched alkanes of at least 4 members (excludes halogenated alkanes) is 1. The number of nitrogens with two attached hydrogens (primary N) is 1. The first-order chi connectivity index (χ1) is 9.70. The summed E-state index contributed by atoms with van der Waals surface area (Å²) in [5, 5.41) is 4.30. The standard InChI is InChI=1S/C14H28N6/c1-13(2)20-14(16-12-17-20)11-19-9-7-18(8-10-19)6-4-3-5-15/h12-13H,3-11,15H2,1-2H3. The molecule has 1 aliphatic rings. The van der Waals surface area contributed by atoms with Crippen molar-refractivity contribution in [2.75, 3.05) is 39.3 Å². The van der Waals surface area contributed by atoms with Crippen molar-refractivity contribution >= 4 is 0 Å². The minimum Gasteiger partial charge on any atom is -0.330 e. The zero-order chi connectivity index (χ0) is 14.4. The summed E-state index contributed by atoms with van der Waals surface area (Å²) in [6.07, 6.45) is 4.02. The van der Waals surface area contributed by atoms with Crippen LogP contribution in [0.1, 0.15) is 38.6 Å². The maximum absolute atomic E-state index is 5.54. The molecule has 0 spiro atoms. The molecule has 1 aromatic heterocycles. The first kappa shape index (κ1) is 15.4. The summed E-state index contributed by atoms with van der Waals surface area (Å²) in [4.78, 5) is 9.41. The minimum atomic E-state index is 0.380. The van der Waals surface area contributed by atoms with Crippen molar-refractivity contribution in [1.82, 2.24) is 24.6 Å². The molecule has 1 fully saturated rings. The lowest BCUT2D eigenvalue weighted by atomic mass is 10.2. The highest BCUT2D eigenvalue weighted by Gasteiger charge is 2.18. The second kappa shape index (κ2) is 7.71. The highest BCUT2D eigenvalue weighted by molar-refractivity contribution is 4.88. The van der Waals surface area contributed by atoms with Crippen LogP contribution in [0, 0.1) is 0 Å². The summed E-state index contributed by atoms with van der Waals surface area (Å²) >= 11 is 0. The minimum absolute atomic E-state index is 0.380. The van der Waals surface area contributed by atoms with Gasteiger partial charge in [0.2, 0.25) is 0 Å².